The van der Waals surface area contributed by atoms with Gasteiger partial charge in [0.15, 0.2) is 4.98 Å². The number of diazo groups is 1. The maximum Gasteiger partial charge on any atom is 0.377 e. The summed E-state index contributed by atoms with van der Waals surface area (Å²) in [6, 6.07) is 2.98. The molecule has 0 bridgehead atoms. The summed E-state index contributed by atoms with van der Waals surface area (Å²) in [5.41, 5.74) is -0.520. The Labute approximate surface area is 66.8 Å². The molecule has 0 amide bonds. The van der Waals surface area contributed by atoms with E-state index in [4.69, 9.17) is 5.39 Å². The van der Waals surface area contributed by atoms with Gasteiger partial charge in [0, 0.05) is 18.2 Å². The molecular weight excluding hydrogens is 162 g/mol. The van der Waals surface area contributed by atoms with E-state index in [1.807, 2.05) is 0 Å². The number of rotatable bonds is 1. The van der Waals surface area contributed by atoms with Crippen LogP contribution in [0.25, 0.3) is 4.98 Å². The van der Waals surface area contributed by atoms with Gasteiger partial charge in [-0.15, -0.1) is 0 Å². The van der Waals surface area contributed by atoms with Crippen LogP contribution in [0.2, 0.25) is 0 Å². The molecule has 6 nitrogen and oxygen atoms in total. The number of benzene rings is 1. The number of hydrogen-bond acceptors (Lipinski definition) is 4. The van der Waals surface area contributed by atoms with Crippen LogP contribution in [0.1, 0.15) is 0 Å². The molecule has 0 unspecified atom stereocenters. The Bertz CT molecular complexity index is 369. The Morgan fingerprint density at radius 2 is 2.17 bits per heavy atom. The lowest BCUT2D eigenvalue weighted by atomic mass is 10.2. The highest BCUT2D eigenvalue weighted by molar-refractivity contribution is 5.59. The predicted octanol–water partition coefficient (Wildman–Crippen LogP) is 1.15. The van der Waals surface area contributed by atoms with E-state index in [1.165, 1.54) is 0 Å². The maximum atomic E-state index is 10.8. The first kappa shape index (κ1) is 7.94. The van der Waals surface area contributed by atoms with Crippen molar-refractivity contribution in [2.75, 3.05) is 0 Å². The van der Waals surface area contributed by atoms with E-state index >= 15 is 0 Å². The maximum absolute atomic E-state index is 10.8. The molecule has 0 aromatic heterocycles. The van der Waals surface area contributed by atoms with E-state index in [9.17, 15) is 15.2 Å². The van der Waals surface area contributed by atoms with Gasteiger partial charge in [-0.2, -0.15) is 0 Å². The zero-order chi connectivity index (χ0) is 9.14. The van der Waals surface area contributed by atoms with Gasteiger partial charge in [0.1, 0.15) is 0 Å². The van der Waals surface area contributed by atoms with Crippen LogP contribution in [0.15, 0.2) is 18.2 Å². The van der Waals surface area contributed by atoms with E-state index in [-0.39, 0.29) is 11.4 Å². The summed E-state index contributed by atoms with van der Waals surface area (Å²) in [4.78, 5) is 12.1. The number of nitro benzene ring substituents is 1. The third-order valence-corrected chi connectivity index (χ3v) is 1.26. The highest BCUT2D eigenvalue weighted by atomic mass is 16.6. The molecule has 0 spiro atoms. The van der Waals surface area contributed by atoms with E-state index in [0.717, 1.165) is 18.2 Å². The lowest BCUT2D eigenvalue weighted by Gasteiger charge is -1.98. The van der Waals surface area contributed by atoms with Gasteiger partial charge in [0.25, 0.3) is 5.69 Å². The summed E-state index contributed by atoms with van der Waals surface area (Å²) in [5.74, 6) is -0.674. The fraction of sp³-hybridized carbons (Fsp3) is 0. The molecule has 12 heavy (non-hydrogen) atoms. The Hall–Kier alpha value is -2.16. The SMILES string of the molecule is N#[N+]c1ccc([N+](=O)[O-])cc1[O-]. The zero-order valence-electron chi connectivity index (χ0n) is 5.80. The van der Waals surface area contributed by atoms with Crippen molar-refractivity contribution in [1.82, 2.24) is 0 Å². The van der Waals surface area contributed by atoms with Crippen LogP contribution in [-0.2, 0) is 0 Å². The Morgan fingerprint density at radius 1 is 1.50 bits per heavy atom. The van der Waals surface area contributed by atoms with Crippen molar-refractivity contribution >= 4 is 11.4 Å². The van der Waals surface area contributed by atoms with Crippen LogP contribution >= 0.6 is 0 Å². The minimum atomic E-state index is -0.692. The van der Waals surface area contributed by atoms with Gasteiger partial charge in [-0.05, 0) is 5.75 Å². The topological polar surface area (TPSA) is 94.3 Å². The molecule has 1 rings (SSSR count). The highest BCUT2D eigenvalue weighted by Crippen LogP contribution is 2.27. The normalized spacial score (nSPS) is 8.92. The largest absolute Gasteiger partial charge is 0.867 e. The van der Waals surface area contributed by atoms with Gasteiger partial charge in [-0.1, -0.05) is 0 Å². The van der Waals surface area contributed by atoms with Crippen molar-refractivity contribution in [3.63, 3.8) is 0 Å². The molecule has 0 heterocycles. The second-order valence-electron chi connectivity index (χ2n) is 2.01. The van der Waals surface area contributed by atoms with E-state index < -0.39 is 10.7 Å². The first-order chi connectivity index (χ1) is 5.65. The van der Waals surface area contributed by atoms with E-state index in [2.05, 4.69) is 4.98 Å². The van der Waals surface area contributed by atoms with Crippen molar-refractivity contribution in [3.05, 3.63) is 33.3 Å². The van der Waals surface area contributed by atoms with Crippen molar-refractivity contribution in [2.45, 2.75) is 0 Å². The lowest BCUT2D eigenvalue weighted by molar-refractivity contribution is -0.385. The van der Waals surface area contributed by atoms with Crippen molar-refractivity contribution in [3.8, 4) is 5.75 Å². The second kappa shape index (κ2) is 2.84. The molecular formula is C6H3N3O3. The summed E-state index contributed by atoms with van der Waals surface area (Å²) in [7, 11) is 0. The first-order valence-electron chi connectivity index (χ1n) is 2.95. The molecule has 0 aliphatic heterocycles. The van der Waals surface area contributed by atoms with Crippen LogP contribution in [-0.4, -0.2) is 4.92 Å². The standard InChI is InChI=1S/C6H3N3O3/c7-8-5-2-1-4(9(11)12)3-6(5)10/h1-3H. The third-order valence-electron chi connectivity index (χ3n) is 1.26. The molecule has 0 radical (unpaired) electrons. The van der Waals surface area contributed by atoms with Crippen LogP contribution in [0, 0.1) is 15.5 Å². The van der Waals surface area contributed by atoms with Crippen LogP contribution < -0.4 is 5.11 Å². The molecule has 6 heteroatoms. The minimum Gasteiger partial charge on any atom is -0.867 e. The summed E-state index contributed by atoms with van der Waals surface area (Å²) < 4.78 is 0. The number of nitro groups is 1. The fourth-order valence-electron chi connectivity index (χ4n) is 0.699. The number of non-ortho nitro benzene ring substituents is 1. The zero-order valence-corrected chi connectivity index (χ0v) is 5.80. The smallest absolute Gasteiger partial charge is 0.377 e. The first-order valence-corrected chi connectivity index (χ1v) is 2.95. The molecule has 1 aromatic carbocycles. The quantitative estimate of drug-likeness (QED) is 0.354. The number of nitrogens with zero attached hydrogens (tertiary/aromatic N) is 3. The summed E-state index contributed by atoms with van der Waals surface area (Å²) in [6.45, 7) is 0. The fourth-order valence-corrected chi connectivity index (χ4v) is 0.699. The molecule has 0 aliphatic rings. The van der Waals surface area contributed by atoms with E-state index in [0.29, 0.717) is 0 Å². The highest BCUT2D eigenvalue weighted by Gasteiger charge is 2.11. The van der Waals surface area contributed by atoms with Gasteiger partial charge >= 0.3 is 5.69 Å². The van der Waals surface area contributed by atoms with Crippen molar-refractivity contribution in [1.29, 1.82) is 5.39 Å². The molecule has 1 aromatic rings. The molecule has 0 saturated heterocycles. The number of hydrogen-bond donors (Lipinski definition) is 0. The molecule has 60 valence electrons. The second-order valence-corrected chi connectivity index (χ2v) is 2.01. The van der Waals surface area contributed by atoms with Crippen molar-refractivity contribution in [2.24, 2.45) is 0 Å². The van der Waals surface area contributed by atoms with Gasteiger partial charge in [-0.25, -0.2) is 0 Å². The molecule has 0 aliphatic carbocycles. The summed E-state index contributed by atoms with van der Waals surface area (Å²) in [5, 5.41) is 29.1. The molecule has 0 N–H and O–H groups in total. The summed E-state index contributed by atoms with van der Waals surface area (Å²) in [6.07, 6.45) is 0. The third kappa shape index (κ3) is 1.29. The minimum absolute atomic E-state index is 0.208. The van der Waals surface area contributed by atoms with Crippen LogP contribution in [0.4, 0.5) is 11.4 Å². The van der Waals surface area contributed by atoms with Gasteiger partial charge < -0.3 is 5.11 Å². The Kier molecular flexibility index (Phi) is 1.88. The van der Waals surface area contributed by atoms with Crippen LogP contribution in [0.5, 0.6) is 5.75 Å². The van der Waals surface area contributed by atoms with E-state index in [1.54, 1.807) is 0 Å². The molecule has 0 atom stereocenters. The lowest BCUT2D eigenvalue weighted by Crippen LogP contribution is -1.92. The molecule has 0 fully saturated rings. The average Bonchev–Trinajstić information content (AvgIpc) is 2.04. The van der Waals surface area contributed by atoms with Gasteiger partial charge in [0.05, 0.1) is 4.92 Å². The molecule has 0 saturated carbocycles. The van der Waals surface area contributed by atoms with Gasteiger partial charge in [0.2, 0.25) is 5.39 Å². The van der Waals surface area contributed by atoms with Crippen molar-refractivity contribution < 1.29 is 10.0 Å². The predicted molar refractivity (Wildman–Crippen MR) is 37.3 cm³/mol. The average molecular weight is 165 g/mol. The summed E-state index contributed by atoms with van der Waals surface area (Å²) >= 11 is 0. The Balaban J connectivity index is 3.21. The van der Waals surface area contributed by atoms with Gasteiger partial charge in [-0.3, -0.25) is 10.1 Å². The Morgan fingerprint density at radius 3 is 2.58 bits per heavy atom. The monoisotopic (exact) mass is 165 g/mol. The van der Waals surface area contributed by atoms with Crippen LogP contribution in [0.3, 0.4) is 0 Å².